The van der Waals surface area contributed by atoms with E-state index >= 15 is 0 Å². The van der Waals surface area contributed by atoms with E-state index in [1.807, 2.05) is 25.1 Å². The number of carbonyl (C=O) groups is 5. The lowest BCUT2D eigenvalue weighted by Crippen LogP contribution is -2.61. The van der Waals surface area contributed by atoms with Gasteiger partial charge in [-0.2, -0.15) is 0 Å². The lowest BCUT2D eigenvalue weighted by molar-refractivity contribution is -0.155. The highest BCUT2D eigenvalue weighted by molar-refractivity contribution is 5.96. The van der Waals surface area contributed by atoms with Gasteiger partial charge in [-0.15, -0.1) is 0 Å². The second-order valence-electron chi connectivity index (χ2n) is 18.7. The summed E-state index contributed by atoms with van der Waals surface area (Å²) in [7, 11) is 3.15. The predicted octanol–water partition coefficient (Wildman–Crippen LogP) is 5.48. The molecule has 6 rings (SSSR count). The smallest absolute Gasteiger partial charge is 0.324 e. The maximum Gasteiger partial charge on any atom is 0.324 e. The molecule has 2 aromatic carbocycles. The van der Waals surface area contributed by atoms with Gasteiger partial charge < -0.3 is 39.4 Å². The molecule has 360 valence electrons. The third-order valence-corrected chi connectivity index (χ3v) is 12.7. The van der Waals surface area contributed by atoms with E-state index in [4.69, 9.17) is 14.5 Å². The molecule has 2 aliphatic heterocycles. The van der Waals surface area contributed by atoms with Gasteiger partial charge in [-0.25, -0.2) is 5.43 Å². The number of phenols is 1. The van der Waals surface area contributed by atoms with Crippen LogP contribution in [0.4, 0.5) is 0 Å². The number of ether oxygens (including phenoxy) is 2. The lowest BCUT2D eigenvalue weighted by Gasteiger charge is -2.36. The molecule has 16 nitrogen and oxygen atoms in total. The Morgan fingerprint density at radius 3 is 2.54 bits per heavy atom. The highest BCUT2D eigenvalue weighted by Crippen LogP contribution is 2.42. The number of rotatable bonds is 13. The van der Waals surface area contributed by atoms with Gasteiger partial charge in [0.1, 0.15) is 23.9 Å². The summed E-state index contributed by atoms with van der Waals surface area (Å²) in [6, 6.07) is 12.1. The van der Waals surface area contributed by atoms with E-state index in [1.54, 1.807) is 45.4 Å². The normalized spacial score (nSPS) is 18.3. The average molecular weight is 922 g/mol. The number of aromatic nitrogens is 2. The number of hydrazine groups is 1. The Labute approximate surface area is 393 Å². The zero-order valence-electron chi connectivity index (χ0n) is 40.3. The average Bonchev–Trinajstić information content (AvgIpc) is 3.60. The topological polar surface area (TPSA) is 196 Å². The van der Waals surface area contributed by atoms with Gasteiger partial charge in [0.05, 0.1) is 30.7 Å². The summed E-state index contributed by atoms with van der Waals surface area (Å²) in [5.41, 5.74) is 10.1. The first kappa shape index (κ1) is 50.3. The summed E-state index contributed by atoms with van der Waals surface area (Å²) in [5.74, 6) is -2.40. The molecule has 16 heteroatoms. The molecule has 67 heavy (non-hydrogen) atoms. The Morgan fingerprint density at radius 2 is 1.85 bits per heavy atom. The number of carbonyl (C=O) groups excluding carboxylic acids is 5. The van der Waals surface area contributed by atoms with Crippen LogP contribution in [0.1, 0.15) is 90.7 Å². The zero-order chi connectivity index (χ0) is 48.7. The Kier molecular flexibility index (Phi) is 16.3. The molecule has 0 saturated carbocycles. The fraction of sp³-hybridized carbons (Fsp3) is 0.490. The van der Waals surface area contributed by atoms with E-state index in [1.165, 1.54) is 28.8 Å². The monoisotopic (exact) mass is 922 g/mol. The Morgan fingerprint density at radius 1 is 1.09 bits per heavy atom. The number of methoxy groups -OCH3 is 1. The number of nitrogens with one attached hydrogen (secondary N) is 2. The van der Waals surface area contributed by atoms with Gasteiger partial charge in [0, 0.05) is 88.2 Å². The summed E-state index contributed by atoms with van der Waals surface area (Å²) in [6.07, 6.45) is 4.38. The van der Waals surface area contributed by atoms with Crippen molar-refractivity contribution >= 4 is 40.5 Å². The van der Waals surface area contributed by atoms with Crippen molar-refractivity contribution in [2.75, 3.05) is 47.0 Å². The molecule has 0 unspecified atom stereocenters. The standard InChI is InChI=1S/C51H67N7O9/c1-10-57-43-16-15-35-28-39(43)40(47(57)38-13-11-18-52-46(38)32(4)66-9)29-51(6,7)30-67-50(65)41-14-12-19-58(54-41)49(64)42(26-34-24-36(35)27-37(61)25-34)53-48(63)44(23-31(2)3)55(8)45(62)17-20-56(21-22-59)33(5)60/h11,13,15-16,18,23-25,27-28,32,41-42,44,54,59,61H,10,12,14,17,19-22,26,29-30H2,1-9H3,(H,53,63)/t32-,41-,42-,44-/m0/s1. The van der Waals surface area contributed by atoms with E-state index in [0.29, 0.717) is 36.9 Å². The van der Waals surface area contributed by atoms with Crippen molar-refractivity contribution in [1.29, 1.82) is 0 Å². The van der Waals surface area contributed by atoms with Crippen molar-refractivity contribution < 1.29 is 43.7 Å². The molecule has 0 aliphatic carbocycles. The van der Waals surface area contributed by atoms with Crippen molar-refractivity contribution in [2.45, 2.75) is 111 Å². The van der Waals surface area contributed by atoms with Gasteiger partial charge >= 0.3 is 5.97 Å². The zero-order valence-corrected chi connectivity index (χ0v) is 40.3. The summed E-state index contributed by atoms with van der Waals surface area (Å²) in [4.78, 5) is 76.2. The molecular weight excluding hydrogens is 855 g/mol. The van der Waals surface area contributed by atoms with Crippen LogP contribution < -0.4 is 10.7 Å². The second kappa shape index (κ2) is 21.7. The summed E-state index contributed by atoms with van der Waals surface area (Å²) in [5, 5.41) is 26.0. The van der Waals surface area contributed by atoms with Crippen molar-refractivity contribution in [2.24, 2.45) is 5.41 Å². The van der Waals surface area contributed by atoms with Gasteiger partial charge in [-0.1, -0.05) is 37.6 Å². The van der Waals surface area contributed by atoms with E-state index in [-0.39, 0.29) is 63.5 Å². The van der Waals surface area contributed by atoms with Crippen LogP contribution in [0.5, 0.6) is 5.75 Å². The maximum absolute atomic E-state index is 14.7. The van der Waals surface area contributed by atoms with Gasteiger partial charge in [-0.3, -0.25) is 34.0 Å². The molecule has 4 aromatic rings. The molecule has 4 N–H and O–H groups in total. The van der Waals surface area contributed by atoms with Crippen LogP contribution in [0, 0.1) is 5.41 Å². The second-order valence-corrected chi connectivity index (χ2v) is 18.7. The molecular formula is C51H67N7O9. The minimum atomic E-state index is -1.21. The van der Waals surface area contributed by atoms with Gasteiger partial charge in [-0.05, 0) is 106 Å². The van der Waals surface area contributed by atoms with E-state index in [0.717, 1.165) is 44.6 Å². The molecule has 1 saturated heterocycles. The molecule has 6 bridgehead atoms. The first-order valence-corrected chi connectivity index (χ1v) is 23.1. The van der Waals surface area contributed by atoms with Crippen molar-refractivity contribution in [3.63, 3.8) is 0 Å². The first-order chi connectivity index (χ1) is 31.9. The van der Waals surface area contributed by atoms with Crippen LogP contribution in [0.25, 0.3) is 33.3 Å². The number of aromatic hydroxyl groups is 1. The number of aliphatic hydroxyl groups is 1. The Balaban J connectivity index is 1.45. The van der Waals surface area contributed by atoms with Crippen LogP contribution in [0.3, 0.4) is 0 Å². The molecule has 0 radical (unpaired) electrons. The number of aliphatic hydroxyl groups excluding tert-OH is 1. The Hall–Kier alpha value is -6.10. The van der Waals surface area contributed by atoms with Crippen molar-refractivity contribution in [3.8, 4) is 28.1 Å². The number of phenolic OH excluding ortho intramolecular Hbond substituents is 1. The third kappa shape index (κ3) is 11.7. The largest absolute Gasteiger partial charge is 0.508 e. The van der Waals surface area contributed by atoms with Crippen LogP contribution in [0.15, 0.2) is 66.4 Å². The molecule has 4 amide bonds. The SMILES string of the molecule is CCn1c(-c2cccnc2[C@H](C)OC)c2c3cc(ccc31)-c1cc(O)cc(c1)C[C@H](NC(=O)[C@H](C=C(C)C)N(C)C(=O)CCN(CCO)C(C)=O)C(=O)N1CCC[C@H](N1)C(=O)OCC(C)(C)C2. The number of esters is 1. The van der Waals surface area contributed by atoms with E-state index < -0.39 is 47.2 Å². The number of cyclic esters (lactones) is 1. The van der Waals surface area contributed by atoms with Crippen LogP contribution >= 0.6 is 0 Å². The molecule has 4 heterocycles. The summed E-state index contributed by atoms with van der Waals surface area (Å²) >= 11 is 0. The number of aryl methyl sites for hydroxylation is 1. The lowest BCUT2D eigenvalue weighted by atomic mass is 9.84. The summed E-state index contributed by atoms with van der Waals surface area (Å²) in [6.45, 7) is 14.0. The minimum absolute atomic E-state index is 0.0336. The summed E-state index contributed by atoms with van der Waals surface area (Å²) < 4.78 is 14.2. The number of benzene rings is 2. The number of fused-ring (bicyclic) bond motifs is 6. The van der Waals surface area contributed by atoms with Gasteiger partial charge in [0.15, 0.2) is 0 Å². The van der Waals surface area contributed by atoms with Crippen molar-refractivity contribution in [1.82, 2.24) is 35.1 Å². The van der Waals surface area contributed by atoms with Gasteiger partial charge in [0.2, 0.25) is 17.7 Å². The number of allylic oxidation sites excluding steroid dienone is 1. The fourth-order valence-corrected chi connectivity index (χ4v) is 9.11. The molecule has 4 atom stereocenters. The van der Waals surface area contributed by atoms with E-state index in [2.05, 4.69) is 54.3 Å². The number of nitrogens with zero attached hydrogens (tertiary/aromatic N) is 5. The molecule has 2 aliphatic rings. The maximum atomic E-state index is 14.7. The van der Waals surface area contributed by atoms with Crippen molar-refractivity contribution in [3.05, 3.63) is 83.2 Å². The van der Waals surface area contributed by atoms with Crippen LogP contribution in [0.2, 0.25) is 0 Å². The number of hydrogen-bond acceptors (Lipinski definition) is 11. The first-order valence-electron chi connectivity index (χ1n) is 23.1. The van der Waals surface area contributed by atoms with Gasteiger partial charge in [0.25, 0.3) is 5.91 Å². The number of pyridine rings is 1. The quantitative estimate of drug-likeness (QED) is 0.0981. The minimum Gasteiger partial charge on any atom is -0.508 e. The third-order valence-electron chi connectivity index (χ3n) is 12.7. The molecule has 2 aromatic heterocycles. The molecule has 0 spiro atoms. The van der Waals surface area contributed by atoms with Crippen LogP contribution in [-0.2, 0) is 52.8 Å². The predicted molar refractivity (Wildman–Crippen MR) is 255 cm³/mol. The Bertz CT molecular complexity index is 2510. The highest BCUT2D eigenvalue weighted by atomic mass is 16.5. The molecule has 1 fully saturated rings. The number of likely N-dealkylation sites (N-methyl/N-ethyl adjacent to an activating group) is 1. The highest BCUT2D eigenvalue weighted by Gasteiger charge is 2.37. The van der Waals surface area contributed by atoms with E-state index in [9.17, 15) is 34.2 Å². The fourth-order valence-electron chi connectivity index (χ4n) is 9.11. The van der Waals surface area contributed by atoms with Crippen LogP contribution in [-0.4, -0.2) is 129 Å². The number of hydrogen-bond donors (Lipinski definition) is 4. The number of amides is 4.